The van der Waals surface area contributed by atoms with Crippen molar-refractivity contribution in [1.29, 1.82) is 0 Å². The zero-order valence-electron chi connectivity index (χ0n) is 50.7. The molecular formula is C59H92N16O11. The van der Waals surface area contributed by atoms with Crippen molar-refractivity contribution in [3.63, 3.8) is 0 Å². The number of fused-ring (bicyclic) bond motifs is 1. The second kappa shape index (κ2) is 34.6. The molecule has 27 heteroatoms. The van der Waals surface area contributed by atoms with Crippen molar-refractivity contribution in [3.8, 4) is 0 Å². The van der Waals surface area contributed by atoms with E-state index in [9.17, 15) is 53.1 Å². The lowest BCUT2D eigenvalue weighted by Crippen LogP contribution is -2.62. The van der Waals surface area contributed by atoms with E-state index in [0.29, 0.717) is 17.5 Å². The van der Waals surface area contributed by atoms with E-state index in [-0.39, 0.29) is 101 Å². The first-order valence-electron chi connectivity index (χ1n) is 29.6. The molecule has 2 heterocycles. The average molecular weight is 1200 g/mol. The summed E-state index contributed by atoms with van der Waals surface area (Å²) in [5, 5.41) is 35.3. The molecular weight excluding hydrogens is 1110 g/mol. The van der Waals surface area contributed by atoms with Gasteiger partial charge in [0.15, 0.2) is 11.9 Å². The lowest BCUT2D eigenvalue weighted by molar-refractivity contribution is -0.143. The van der Waals surface area contributed by atoms with Crippen LogP contribution in [0.3, 0.4) is 0 Å². The van der Waals surface area contributed by atoms with Crippen LogP contribution in [0.1, 0.15) is 118 Å². The quantitative estimate of drug-likeness (QED) is 0.0440. The third-order valence-corrected chi connectivity index (χ3v) is 14.5. The molecule has 0 radical (unpaired) electrons. The highest BCUT2D eigenvalue weighted by Gasteiger charge is 2.42. The molecule has 474 valence electrons. The van der Waals surface area contributed by atoms with Gasteiger partial charge in [-0.05, 0) is 94.1 Å². The fourth-order valence-electron chi connectivity index (χ4n) is 10.0. The number of aliphatic hydroxyl groups excluding tert-OH is 1. The summed E-state index contributed by atoms with van der Waals surface area (Å²) in [6.07, 6.45) is -0.864. The molecule has 4 rings (SSSR count). The van der Waals surface area contributed by atoms with Gasteiger partial charge in [-0.25, -0.2) is 0 Å². The minimum absolute atomic E-state index is 0.0256. The van der Waals surface area contributed by atoms with E-state index in [1.54, 1.807) is 74.5 Å². The third-order valence-electron chi connectivity index (χ3n) is 14.5. The number of hydrogen-bond donors (Lipinski definition) is 14. The fraction of sp³-hybridized carbons (Fsp3) is 0.593. The molecule has 11 unspecified atom stereocenters. The lowest BCUT2D eigenvalue weighted by Gasteiger charge is -2.32. The average Bonchev–Trinajstić information content (AvgIpc) is 2.87. The van der Waals surface area contributed by atoms with Crippen LogP contribution in [0.5, 0.6) is 0 Å². The Morgan fingerprint density at radius 2 is 0.895 bits per heavy atom. The van der Waals surface area contributed by atoms with Gasteiger partial charge in [0.2, 0.25) is 59.1 Å². The number of carbonyl (C=O) groups excluding carboxylic acids is 10. The van der Waals surface area contributed by atoms with E-state index in [0.717, 1.165) is 0 Å². The highest BCUT2D eigenvalue weighted by atomic mass is 16.3. The summed E-state index contributed by atoms with van der Waals surface area (Å²) in [4.78, 5) is 154. The van der Waals surface area contributed by atoms with E-state index in [2.05, 4.69) is 57.8 Å². The Morgan fingerprint density at radius 3 is 1.34 bits per heavy atom. The van der Waals surface area contributed by atoms with Crippen molar-refractivity contribution < 1.29 is 53.1 Å². The molecule has 0 saturated carbocycles. The topological polar surface area (TPSA) is 431 Å². The number of amides is 10. The number of nitrogens with one attached hydrogen (secondary N) is 9. The van der Waals surface area contributed by atoms with Crippen molar-refractivity contribution in [2.45, 2.75) is 186 Å². The van der Waals surface area contributed by atoms with Gasteiger partial charge in [-0.2, -0.15) is 0 Å². The van der Waals surface area contributed by atoms with Crippen molar-refractivity contribution in [2.24, 2.45) is 50.7 Å². The standard InChI is InChI=1S/C59H92N16O11/c1-32(2)28-41-52(81)71-43(30-37-18-11-9-12-19-37)51(80)66-35(7)48(77)74-47(36(8)76)56(85)68-40(23-16-26-65-59(62)63)50(79)70-42(29-33(3)4)53(82)72-44(31-38-20-13-10-14-21-38)57(86)75-27-17-24-45(75)54(83)73-46(34(5)6)55(84)67-39(49(78)69-41)22-15-25-64-58(60)61/h9-14,18-21,32-36,39-47,76H,15-17,22-31H2,1-8H3,(H,66,80)(H,67,84)(H,68,85)(H,69,78)(H,70,79)(H,71,81)(H,72,82)(H,73,83)(H,74,77)(H4,60,61,64)(H4,62,63,65). The SMILES string of the molecule is CC(C)CC1NC(=O)C(CCCN=C(N)N)NC(=O)C(C(C)C)NC(=O)C2CCCN2C(=O)C(Cc2ccccc2)NC(=O)C(CC(C)C)NC(=O)C(CCCN=C(N)N)NC(=O)C(C(C)O)NC(=O)C(C)NC(=O)C(Cc2ccccc2)NC1=O. The van der Waals surface area contributed by atoms with Crippen LogP contribution in [0, 0.1) is 17.8 Å². The summed E-state index contributed by atoms with van der Waals surface area (Å²) < 4.78 is 0. The molecule has 18 N–H and O–H groups in total. The monoisotopic (exact) mass is 1200 g/mol. The highest BCUT2D eigenvalue weighted by molar-refractivity contribution is 6.00. The number of nitrogens with zero attached hydrogens (tertiary/aromatic N) is 3. The Bertz CT molecular complexity index is 2680. The first-order chi connectivity index (χ1) is 40.6. The first kappa shape index (κ1) is 70.1. The predicted molar refractivity (Wildman–Crippen MR) is 323 cm³/mol. The zero-order valence-corrected chi connectivity index (χ0v) is 50.7. The van der Waals surface area contributed by atoms with E-state index in [4.69, 9.17) is 22.9 Å². The van der Waals surface area contributed by atoms with Crippen LogP contribution in [-0.2, 0) is 60.8 Å². The maximum absolute atomic E-state index is 15.0. The van der Waals surface area contributed by atoms with Crippen LogP contribution in [0.4, 0.5) is 0 Å². The van der Waals surface area contributed by atoms with Gasteiger partial charge in [0.05, 0.1) is 6.10 Å². The second-order valence-electron chi connectivity index (χ2n) is 23.3. The highest BCUT2D eigenvalue weighted by Crippen LogP contribution is 2.22. The molecule has 0 spiro atoms. The van der Waals surface area contributed by atoms with Crippen molar-refractivity contribution >= 4 is 71.0 Å². The van der Waals surface area contributed by atoms with Gasteiger partial charge < -0.3 is 80.8 Å². The van der Waals surface area contributed by atoms with Crippen LogP contribution >= 0.6 is 0 Å². The van der Waals surface area contributed by atoms with Gasteiger partial charge in [-0.15, -0.1) is 0 Å². The van der Waals surface area contributed by atoms with Gasteiger partial charge in [0.25, 0.3) is 0 Å². The normalized spacial score (nSPS) is 25.2. The Hall–Kier alpha value is -8.36. The number of benzene rings is 2. The number of aliphatic imine (C=N–C) groups is 2. The minimum atomic E-state index is -1.72. The maximum Gasteiger partial charge on any atom is 0.246 e. The number of rotatable bonds is 18. The summed E-state index contributed by atoms with van der Waals surface area (Å²) >= 11 is 0. The molecule has 0 aliphatic carbocycles. The molecule has 2 aromatic rings. The van der Waals surface area contributed by atoms with Crippen LogP contribution in [0.15, 0.2) is 70.6 Å². The zero-order chi connectivity index (χ0) is 63.8. The molecule has 27 nitrogen and oxygen atoms in total. The van der Waals surface area contributed by atoms with E-state index in [1.807, 2.05) is 27.7 Å². The molecule has 10 amide bonds. The summed E-state index contributed by atoms with van der Waals surface area (Å²) in [6, 6.07) is 3.97. The van der Waals surface area contributed by atoms with Gasteiger partial charge in [0, 0.05) is 32.5 Å². The molecule has 2 aliphatic heterocycles. The summed E-state index contributed by atoms with van der Waals surface area (Å²) in [7, 11) is 0. The fourth-order valence-corrected chi connectivity index (χ4v) is 10.0. The summed E-state index contributed by atoms with van der Waals surface area (Å²) in [6.45, 7) is 13.4. The van der Waals surface area contributed by atoms with Crippen LogP contribution in [0.25, 0.3) is 0 Å². The van der Waals surface area contributed by atoms with Crippen molar-refractivity contribution in [1.82, 2.24) is 52.8 Å². The predicted octanol–water partition coefficient (Wildman–Crippen LogP) is -1.90. The third kappa shape index (κ3) is 22.9. The van der Waals surface area contributed by atoms with Crippen molar-refractivity contribution in [2.75, 3.05) is 19.6 Å². The van der Waals surface area contributed by atoms with Gasteiger partial charge >= 0.3 is 0 Å². The second-order valence-corrected chi connectivity index (χ2v) is 23.3. The molecule has 86 heavy (non-hydrogen) atoms. The van der Waals surface area contributed by atoms with Gasteiger partial charge in [-0.1, -0.05) is 102 Å². The first-order valence-corrected chi connectivity index (χ1v) is 29.6. The molecule has 2 saturated heterocycles. The maximum atomic E-state index is 15.0. The Morgan fingerprint density at radius 1 is 0.500 bits per heavy atom. The van der Waals surface area contributed by atoms with E-state index in [1.165, 1.54) is 18.7 Å². The number of hydrogen-bond acceptors (Lipinski definition) is 13. The van der Waals surface area contributed by atoms with Gasteiger partial charge in [0.1, 0.15) is 60.4 Å². The Kier molecular flexibility index (Phi) is 28.2. The van der Waals surface area contributed by atoms with Gasteiger partial charge in [-0.3, -0.25) is 57.9 Å². The molecule has 11 atom stereocenters. The van der Waals surface area contributed by atoms with Crippen molar-refractivity contribution in [3.05, 3.63) is 71.8 Å². The van der Waals surface area contributed by atoms with Crippen LogP contribution < -0.4 is 70.8 Å². The van der Waals surface area contributed by atoms with E-state index >= 15 is 0 Å². The Labute approximate surface area is 503 Å². The minimum Gasteiger partial charge on any atom is -0.391 e. The largest absolute Gasteiger partial charge is 0.391 e. The Balaban J connectivity index is 1.86. The number of carbonyl (C=O) groups is 10. The molecule has 2 fully saturated rings. The summed E-state index contributed by atoms with van der Waals surface area (Å²) in [5.74, 6) is -9.43. The lowest BCUT2D eigenvalue weighted by atomic mass is 9.99. The number of guanidine groups is 2. The summed E-state index contributed by atoms with van der Waals surface area (Å²) in [5.41, 5.74) is 23.6. The molecule has 0 bridgehead atoms. The molecule has 2 aliphatic rings. The molecule has 2 aromatic carbocycles. The number of nitrogens with two attached hydrogens (primary N) is 4. The smallest absolute Gasteiger partial charge is 0.246 e. The van der Waals surface area contributed by atoms with Crippen LogP contribution in [0.2, 0.25) is 0 Å². The van der Waals surface area contributed by atoms with E-state index < -0.39 is 132 Å². The van der Waals surface area contributed by atoms with Crippen LogP contribution in [-0.4, -0.2) is 167 Å². The molecule has 0 aromatic heterocycles. The number of aliphatic hydroxyl groups is 1.